The smallest absolute Gasteiger partial charge is 0.167 e. The van der Waals surface area contributed by atoms with Gasteiger partial charge < -0.3 is 14.9 Å². The normalized spacial score (nSPS) is 23.4. The fraction of sp³-hybridized carbons (Fsp3) is 0.429. The van der Waals surface area contributed by atoms with Gasteiger partial charge in [-0.25, -0.2) is 0 Å². The molecule has 0 amide bonds. The van der Waals surface area contributed by atoms with Crippen molar-refractivity contribution >= 4 is 34.3 Å². The van der Waals surface area contributed by atoms with Gasteiger partial charge in [0, 0.05) is 42.2 Å². The summed E-state index contributed by atoms with van der Waals surface area (Å²) in [6, 6.07) is 1.07. The maximum Gasteiger partial charge on any atom is 0.167 e. The maximum atomic E-state index is 12.7. The van der Waals surface area contributed by atoms with E-state index >= 15 is 0 Å². The first-order chi connectivity index (χ1) is 13.1. The van der Waals surface area contributed by atoms with Gasteiger partial charge in [-0.05, 0) is 11.8 Å². The Bertz CT molecular complexity index is 992. The lowest BCUT2D eigenvalue weighted by molar-refractivity contribution is -0.124. The van der Waals surface area contributed by atoms with E-state index in [4.69, 9.17) is 4.74 Å². The van der Waals surface area contributed by atoms with E-state index in [-0.39, 0.29) is 64.9 Å². The van der Waals surface area contributed by atoms with Crippen molar-refractivity contribution in [1.82, 2.24) is 0 Å². The molecule has 0 unspecified atom stereocenters. The van der Waals surface area contributed by atoms with E-state index in [1.165, 1.54) is 7.11 Å². The van der Waals surface area contributed by atoms with Crippen LogP contribution in [0.4, 0.5) is 0 Å². The summed E-state index contributed by atoms with van der Waals surface area (Å²) in [7, 11) is 1.25. The average molecular weight is 386 g/mol. The fourth-order valence-corrected chi connectivity index (χ4v) is 3.97. The summed E-state index contributed by atoms with van der Waals surface area (Å²) in [6.45, 7) is 3.53. The summed E-state index contributed by atoms with van der Waals surface area (Å²) in [4.78, 5) is 50.6. The van der Waals surface area contributed by atoms with Gasteiger partial charge in [0.1, 0.15) is 5.75 Å². The number of aromatic hydroxyl groups is 2. The summed E-state index contributed by atoms with van der Waals surface area (Å²) in [5.74, 6) is -3.49. The highest BCUT2D eigenvalue weighted by Gasteiger charge is 2.34. The molecule has 0 aromatic heterocycles. The van der Waals surface area contributed by atoms with Crippen molar-refractivity contribution in [3.8, 4) is 17.2 Å². The van der Waals surface area contributed by atoms with Gasteiger partial charge in [-0.1, -0.05) is 13.8 Å². The first-order valence-corrected chi connectivity index (χ1v) is 9.16. The Hall–Kier alpha value is -2.96. The van der Waals surface area contributed by atoms with Crippen LogP contribution in [0.2, 0.25) is 0 Å². The third-order valence-corrected chi connectivity index (χ3v) is 5.21. The number of carbonyl (C=O) groups excluding carboxylic acids is 4. The first-order valence-electron chi connectivity index (χ1n) is 9.16. The lowest BCUT2D eigenvalue weighted by atomic mass is 9.81. The number of methoxy groups -OCH3 is 1. The predicted octanol–water partition coefficient (Wildman–Crippen LogP) is 0.544. The topological polar surface area (TPSA) is 118 Å². The second-order valence-corrected chi connectivity index (χ2v) is 7.67. The van der Waals surface area contributed by atoms with E-state index in [0.717, 1.165) is 6.07 Å². The number of hydrogen-bond donors (Lipinski definition) is 2. The van der Waals surface area contributed by atoms with Gasteiger partial charge in [0.15, 0.2) is 34.6 Å². The van der Waals surface area contributed by atoms with Gasteiger partial charge in [0.25, 0.3) is 0 Å². The van der Waals surface area contributed by atoms with Crippen LogP contribution in [0, 0.1) is 11.8 Å². The molecule has 2 saturated carbocycles. The Morgan fingerprint density at radius 3 is 1.57 bits per heavy atom. The minimum absolute atomic E-state index is 0.0895. The largest absolute Gasteiger partial charge is 0.507 e. The molecule has 0 spiro atoms. The van der Waals surface area contributed by atoms with Crippen molar-refractivity contribution in [2.45, 2.75) is 39.5 Å². The first kappa shape index (κ1) is 19.8. The van der Waals surface area contributed by atoms with Crippen LogP contribution in [-0.4, -0.2) is 40.5 Å². The van der Waals surface area contributed by atoms with E-state index in [0.29, 0.717) is 0 Å². The van der Waals surface area contributed by atoms with Crippen LogP contribution in [0.1, 0.15) is 39.5 Å². The molecule has 2 aliphatic rings. The molecule has 2 fully saturated rings. The zero-order valence-electron chi connectivity index (χ0n) is 16.0. The molecule has 1 aromatic carbocycles. The lowest BCUT2D eigenvalue weighted by Gasteiger charge is -2.21. The number of carbonyl (C=O) groups is 4. The number of ether oxygens (including phenoxy) is 1. The zero-order valence-corrected chi connectivity index (χ0v) is 16.0. The quantitative estimate of drug-likeness (QED) is 0.677. The number of rotatable bonds is 1. The SMILES string of the molecule is COc1cc(O)c(=C2C(=O)CC(C)CC2=O)c(=C2C(=O)CC(C)CC2=O)c1O. The van der Waals surface area contributed by atoms with Crippen LogP contribution < -0.4 is 15.2 Å². The molecule has 0 atom stereocenters. The maximum absolute atomic E-state index is 12.7. The second-order valence-electron chi connectivity index (χ2n) is 7.67. The number of ketones is 4. The number of hydrogen-bond acceptors (Lipinski definition) is 7. The number of Topliss-reactive ketones (excluding diaryl/α,β-unsaturated/α-hetero) is 4. The summed E-state index contributed by atoms with van der Waals surface area (Å²) in [5.41, 5.74) is -0.582. The van der Waals surface area contributed by atoms with Crippen LogP contribution in [0.3, 0.4) is 0 Å². The standard InChI is InChI=1S/C21H22O7/c1-9-4-11(22)17(12(23)5-9)19-15(26)8-16(28-3)21(27)20(19)18-13(24)6-10(2)7-14(18)25/h8-10,26-27H,4-7H2,1-3H3. The lowest BCUT2D eigenvalue weighted by Crippen LogP contribution is -2.41. The summed E-state index contributed by atoms with van der Waals surface area (Å²) in [6.07, 6.45) is 0.375. The van der Waals surface area contributed by atoms with Gasteiger partial charge in [-0.3, -0.25) is 19.2 Å². The highest BCUT2D eigenvalue weighted by molar-refractivity contribution is 6.44. The van der Waals surface area contributed by atoms with E-state index in [9.17, 15) is 29.4 Å². The summed E-state index contributed by atoms with van der Waals surface area (Å²) < 4.78 is 5.04. The molecule has 7 nitrogen and oxygen atoms in total. The Morgan fingerprint density at radius 2 is 1.18 bits per heavy atom. The van der Waals surface area contributed by atoms with Crippen molar-refractivity contribution in [2.24, 2.45) is 11.8 Å². The fourth-order valence-electron chi connectivity index (χ4n) is 3.97. The Balaban J connectivity index is 2.56. The van der Waals surface area contributed by atoms with Crippen molar-refractivity contribution < 1.29 is 34.1 Å². The van der Waals surface area contributed by atoms with Crippen LogP contribution >= 0.6 is 0 Å². The molecule has 148 valence electrons. The molecule has 7 heteroatoms. The number of benzene rings is 1. The van der Waals surface area contributed by atoms with Crippen molar-refractivity contribution in [2.75, 3.05) is 7.11 Å². The van der Waals surface area contributed by atoms with Crippen LogP contribution in [0.25, 0.3) is 11.1 Å². The van der Waals surface area contributed by atoms with E-state index in [1.807, 2.05) is 0 Å². The van der Waals surface area contributed by atoms with Gasteiger partial charge in [0.2, 0.25) is 0 Å². The third-order valence-electron chi connectivity index (χ3n) is 5.21. The van der Waals surface area contributed by atoms with Crippen LogP contribution in [0.15, 0.2) is 6.07 Å². The van der Waals surface area contributed by atoms with Crippen LogP contribution in [-0.2, 0) is 19.2 Å². The summed E-state index contributed by atoms with van der Waals surface area (Å²) >= 11 is 0. The molecule has 1 aromatic rings. The summed E-state index contributed by atoms with van der Waals surface area (Å²) in [5, 5.41) is 20.7. The number of phenols is 2. The molecule has 28 heavy (non-hydrogen) atoms. The highest BCUT2D eigenvalue weighted by atomic mass is 16.5. The Morgan fingerprint density at radius 1 is 0.786 bits per heavy atom. The van der Waals surface area contributed by atoms with Crippen molar-refractivity contribution in [3.05, 3.63) is 16.5 Å². The van der Waals surface area contributed by atoms with Gasteiger partial charge in [-0.2, -0.15) is 0 Å². The molecule has 2 N–H and O–H groups in total. The predicted molar refractivity (Wildman–Crippen MR) is 99.2 cm³/mol. The minimum Gasteiger partial charge on any atom is -0.507 e. The molecular weight excluding hydrogens is 364 g/mol. The Kier molecular flexibility index (Phi) is 5.10. The van der Waals surface area contributed by atoms with Gasteiger partial charge in [-0.15, -0.1) is 0 Å². The van der Waals surface area contributed by atoms with Gasteiger partial charge in [0.05, 0.1) is 18.3 Å². The second kappa shape index (κ2) is 7.22. The minimum atomic E-state index is -0.548. The zero-order chi connectivity index (χ0) is 20.7. The number of phenolic OH excluding ortho intramolecular Hbond substituents is 2. The Labute approximate surface area is 161 Å². The van der Waals surface area contributed by atoms with Crippen molar-refractivity contribution in [3.63, 3.8) is 0 Å². The molecular formula is C21H22O7. The van der Waals surface area contributed by atoms with E-state index in [1.54, 1.807) is 13.8 Å². The molecule has 0 aliphatic heterocycles. The molecule has 0 radical (unpaired) electrons. The average Bonchev–Trinajstić information content (AvgIpc) is 2.57. The molecule has 3 rings (SSSR count). The third kappa shape index (κ3) is 3.21. The molecule has 0 bridgehead atoms. The van der Waals surface area contributed by atoms with E-state index in [2.05, 4.69) is 0 Å². The molecule has 2 aliphatic carbocycles. The van der Waals surface area contributed by atoms with E-state index < -0.39 is 34.6 Å². The highest BCUT2D eigenvalue weighted by Crippen LogP contribution is 2.29. The van der Waals surface area contributed by atoms with Gasteiger partial charge >= 0.3 is 0 Å². The molecule has 0 saturated heterocycles. The van der Waals surface area contributed by atoms with Crippen LogP contribution in [0.5, 0.6) is 17.2 Å². The molecule has 0 heterocycles. The monoisotopic (exact) mass is 386 g/mol. The van der Waals surface area contributed by atoms with Crippen molar-refractivity contribution in [1.29, 1.82) is 0 Å².